The van der Waals surface area contributed by atoms with Gasteiger partial charge in [0.1, 0.15) is 0 Å². The van der Waals surface area contributed by atoms with Crippen LogP contribution in [0.3, 0.4) is 0 Å². The molecule has 0 bridgehead atoms. The van der Waals surface area contributed by atoms with Gasteiger partial charge in [0.2, 0.25) is 0 Å². The van der Waals surface area contributed by atoms with Gasteiger partial charge in [0, 0.05) is 0 Å². The van der Waals surface area contributed by atoms with Crippen LogP contribution < -0.4 is 0 Å². The molecule has 1 aliphatic rings. The molecule has 0 radical (unpaired) electrons. The van der Waals surface area contributed by atoms with Crippen LogP contribution in [0.1, 0.15) is 26.7 Å². The molecule has 0 fully saturated rings. The fourth-order valence-electron chi connectivity index (χ4n) is 1.48. The highest BCUT2D eigenvalue weighted by Gasteiger charge is 2.14. The highest BCUT2D eigenvalue weighted by molar-refractivity contribution is 5.24. The molecule has 1 heteroatoms. The maximum Gasteiger partial charge on any atom is 0.0721 e. The van der Waals surface area contributed by atoms with E-state index in [2.05, 4.69) is 24.8 Å². The molecule has 0 aromatic rings. The zero-order valence-electron chi connectivity index (χ0n) is 8.25. The van der Waals surface area contributed by atoms with Crippen molar-refractivity contribution in [3.63, 3.8) is 0 Å². The summed E-state index contributed by atoms with van der Waals surface area (Å²) < 4.78 is 0. The minimum atomic E-state index is -0.235. The monoisotopic (exact) mass is 176 g/mol. The van der Waals surface area contributed by atoms with Gasteiger partial charge in [-0.2, -0.15) is 0 Å². The van der Waals surface area contributed by atoms with Crippen molar-refractivity contribution in [1.82, 2.24) is 0 Å². The van der Waals surface area contributed by atoms with E-state index in [4.69, 9.17) is 0 Å². The van der Waals surface area contributed by atoms with E-state index in [1.54, 1.807) is 0 Å². The SMILES string of the molecule is CC#C/C=C(/C)C1C=CC(O)CC1. The molecular formula is C12H16O. The third-order valence-corrected chi connectivity index (χ3v) is 2.37. The van der Waals surface area contributed by atoms with Gasteiger partial charge in [0.15, 0.2) is 0 Å². The van der Waals surface area contributed by atoms with Crippen molar-refractivity contribution in [2.75, 3.05) is 0 Å². The molecular weight excluding hydrogens is 160 g/mol. The van der Waals surface area contributed by atoms with E-state index in [9.17, 15) is 5.11 Å². The predicted molar refractivity (Wildman–Crippen MR) is 55.1 cm³/mol. The van der Waals surface area contributed by atoms with E-state index in [-0.39, 0.29) is 6.10 Å². The Morgan fingerprint density at radius 2 is 2.23 bits per heavy atom. The zero-order valence-corrected chi connectivity index (χ0v) is 8.25. The normalized spacial score (nSPS) is 28.1. The van der Waals surface area contributed by atoms with E-state index in [0.29, 0.717) is 5.92 Å². The summed E-state index contributed by atoms with van der Waals surface area (Å²) >= 11 is 0. The zero-order chi connectivity index (χ0) is 9.68. The van der Waals surface area contributed by atoms with Crippen LogP contribution in [0.15, 0.2) is 23.8 Å². The van der Waals surface area contributed by atoms with Crippen LogP contribution >= 0.6 is 0 Å². The Kier molecular flexibility index (Phi) is 3.79. The van der Waals surface area contributed by atoms with Crippen molar-refractivity contribution in [2.45, 2.75) is 32.8 Å². The van der Waals surface area contributed by atoms with Crippen LogP contribution in [-0.4, -0.2) is 11.2 Å². The van der Waals surface area contributed by atoms with E-state index in [0.717, 1.165) is 12.8 Å². The summed E-state index contributed by atoms with van der Waals surface area (Å²) in [5.41, 5.74) is 1.29. The number of rotatable bonds is 1. The predicted octanol–water partition coefficient (Wildman–Crippen LogP) is 2.28. The number of hydrogen-bond donors (Lipinski definition) is 1. The minimum Gasteiger partial charge on any atom is -0.389 e. The summed E-state index contributed by atoms with van der Waals surface area (Å²) in [6.07, 6.45) is 7.59. The van der Waals surface area contributed by atoms with Crippen molar-refractivity contribution in [3.8, 4) is 11.8 Å². The lowest BCUT2D eigenvalue weighted by Gasteiger charge is -2.19. The summed E-state index contributed by atoms with van der Waals surface area (Å²) in [5.74, 6) is 6.27. The molecule has 0 aromatic carbocycles. The lowest BCUT2D eigenvalue weighted by atomic mass is 9.88. The maximum absolute atomic E-state index is 9.25. The van der Waals surface area contributed by atoms with Crippen molar-refractivity contribution < 1.29 is 5.11 Å². The molecule has 0 saturated heterocycles. The molecule has 0 aliphatic heterocycles. The van der Waals surface area contributed by atoms with Gasteiger partial charge < -0.3 is 5.11 Å². The Morgan fingerprint density at radius 3 is 2.77 bits per heavy atom. The van der Waals surface area contributed by atoms with Crippen LogP contribution in [0, 0.1) is 17.8 Å². The quantitative estimate of drug-likeness (QED) is 0.480. The number of aliphatic hydroxyl groups is 1. The first kappa shape index (κ1) is 10.1. The Labute approximate surface area is 80.2 Å². The minimum absolute atomic E-state index is 0.235. The van der Waals surface area contributed by atoms with Crippen LogP contribution in [-0.2, 0) is 0 Å². The number of allylic oxidation sites excluding steroid dienone is 3. The van der Waals surface area contributed by atoms with Gasteiger partial charge in [0.25, 0.3) is 0 Å². The molecule has 2 unspecified atom stereocenters. The first-order chi connectivity index (χ1) is 6.24. The Balaban J connectivity index is 2.61. The average Bonchev–Trinajstić information content (AvgIpc) is 2.15. The van der Waals surface area contributed by atoms with Gasteiger partial charge in [-0.05, 0) is 38.7 Å². The molecule has 1 aliphatic carbocycles. The molecule has 0 spiro atoms. The lowest BCUT2D eigenvalue weighted by molar-refractivity contribution is 0.198. The van der Waals surface area contributed by atoms with Crippen LogP contribution in [0.25, 0.3) is 0 Å². The molecule has 13 heavy (non-hydrogen) atoms. The first-order valence-electron chi connectivity index (χ1n) is 4.69. The fraction of sp³-hybridized carbons (Fsp3) is 0.500. The summed E-state index contributed by atoms with van der Waals surface area (Å²) in [6, 6.07) is 0. The molecule has 0 saturated carbocycles. The molecule has 1 rings (SSSR count). The molecule has 1 nitrogen and oxygen atoms in total. The van der Waals surface area contributed by atoms with Gasteiger partial charge in [-0.15, -0.1) is 5.92 Å². The van der Waals surface area contributed by atoms with Gasteiger partial charge in [-0.25, -0.2) is 0 Å². The van der Waals surface area contributed by atoms with E-state index >= 15 is 0 Å². The Morgan fingerprint density at radius 1 is 1.46 bits per heavy atom. The Bertz CT molecular complexity index is 275. The summed E-state index contributed by atoms with van der Waals surface area (Å²) in [5, 5.41) is 9.25. The summed E-state index contributed by atoms with van der Waals surface area (Å²) in [7, 11) is 0. The van der Waals surface area contributed by atoms with Gasteiger partial charge in [0.05, 0.1) is 6.10 Å². The number of aliphatic hydroxyl groups excluding tert-OH is 1. The van der Waals surface area contributed by atoms with Gasteiger partial charge in [-0.3, -0.25) is 0 Å². The average molecular weight is 176 g/mol. The summed E-state index contributed by atoms with van der Waals surface area (Å²) in [4.78, 5) is 0. The topological polar surface area (TPSA) is 20.2 Å². The molecule has 0 aromatic heterocycles. The maximum atomic E-state index is 9.25. The molecule has 70 valence electrons. The first-order valence-corrected chi connectivity index (χ1v) is 4.69. The van der Waals surface area contributed by atoms with Gasteiger partial charge in [-0.1, -0.05) is 23.6 Å². The second-order valence-electron chi connectivity index (χ2n) is 3.42. The molecule has 1 N–H and O–H groups in total. The fourth-order valence-corrected chi connectivity index (χ4v) is 1.48. The van der Waals surface area contributed by atoms with Crippen molar-refractivity contribution in [1.29, 1.82) is 0 Å². The second kappa shape index (κ2) is 4.89. The largest absolute Gasteiger partial charge is 0.389 e. The number of hydrogen-bond acceptors (Lipinski definition) is 1. The van der Waals surface area contributed by atoms with Crippen molar-refractivity contribution in [2.24, 2.45) is 5.92 Å². The highest BCUT2D eigenvalue weighted by Crippen LogP contribution is 2.23. The Hall–Kier alpha value is -1.00. The van der Waals surface area contributed by atoms with E-state index in [1.807, 2.05) is 19.1 Å². The van der Waals surface area contributed by atoms with Gasteiger partial charge >= 0.3 is 0 Å². The van der Waals surface area contributed by atoms with Crippen LogP contribution in [0.4, 0.5) is 0 Å². The molecule has 0 heterocycles. The molecule has 0 amide bonds. The van der Waals surface area contributed by atoms with E-state index in [1.165, 1.54) is 5.57 Å². The van der Waals surface area contributed by atoms with Crippen LogP contribution in [0.5, 0.6) is 0 Å². The van der Waals surface area contributed by atoms with E-state index < -0.39 is 0 Å². The standard InChI is InChI=1S/C12H16O/c1-3-4-5-10(2)11-6-8-12(13)9-7-11/h5-6,8,11-13H,7,9H2,1-2H3/b10-5-. The third-order valence-electron chi connectivity index (χ3n) is 2.37. The third kappa shape index (κ3) is 3.08. The smallest absolute Gasteiger partial charge is 0.0721 e. The molecule has 2 atom stereocenters. The van der Waals surface area contributed by atoms with Crippen molar-refractivity contribution >= 4 is 0 Å². The highest BCUT2D eigenvalue weighted by atomic mass is 16.3. The van der Waals surface area contributed by atoms with Crippen LogP contribution in [0.2, 0.25) is 0 Å². The lowest BCUT2D eigenvalue weighted by Crippen LogP contribution is -2.12. The summed E-state index contributed by atoms with van der Waals surface area (Å²) in [6.45, 7) is 3.93. The van der Waals surface area contributed by atoms with Crippen molar-refractivity contribution in [3.05, 3.63) is 23.8 Å². The second-order valence-corrected chi connectivity index (χ2v) is 3.42.